The molecule has 76 valence electrons. The second-order valence-electron chi connectivity index (χ2n) is 3.02. The van der Waals surface area contributed by atoms with Crippen molar-refractivity contribution in [3.63, 3.8) is 0 Å². The van der Waals surface area contributed by atoms with E-state index in [9.17, 15) is 0 Å². The third-order valence-corrected chi connectivity index (χ3v) is 2.52. The molecule has 0 aliphatic heterocycles. The Labute approximate surface area is 98.8 Å². The molecule has 2 rings (SSSR count). The van der Waals surface area contributed by atoms with Gasteiger partial charge in [-0.05, 0) is 18.2 Å². The zero-order valence-electron chi connectivity index (χ0n) is 7.89. The largest absolute Gasteiger partial charge is 0.240 e. The predicted molar refractivity (Wildman–Crippen MR) is 65.2 cm³/mol. The average Bonchev–Trinajstić information content (AvgIpc) is 2.30. The SMILES string of the molecule is SCc1nccc(-c2ccc(Cl)cc2)n1. The molecule has 0 bridgehead atoms. The van der Waals surface area contributed by atoms with Crippen LogP contribution in [0.2, 0.25) is 5.02 Å². The van der Waals surface area contributed by atoms with E-state index in [2.05, 4.69) is 22.6 Å². The number of aromatic nitrogens is 2. The van der Waals surface area contributed by atoms with Crippen LogP contribution in [0.3, 0.4) is 0 Å². The van der Waals surface area contributed by atoms with Crippen LogP contribution in [-0.4, -0.2) is 9.97 Å². The van der Waals surface area contributed by atoms with Gasteiger partial charge in [0.2, 0.25) is 0 Å². The fraction of sp³-hybridized carbons (Fsp3) is 0.0909. The highest BCUT2D eigenvalue weighted by molar-refractivity contribution is 7.79. The molecule has 0 aliphatic rings. The second kappa shape index (κ2) is 4.64. The number of hydrogen-bond acceptors (Lipinski definition) is 3. The molecule has 4 heteroatoms. The van der Waals surface area contributed by atoms with E-state index < -0.39 is 0 Å². The van der Waals surface area contributed by atoms with E-state index in [0.717, 1.165) is 22.1 Å². The maximum atomic E-state index is 5.81. The summed E-state index contributed by atoms with van der Waals surface area (Å²) < 4.78 is 0. The standard InChI is InChI=1S/C11H9ClN2S/c12-9-3-1-8(2-4-9)10-5-6-13-11(7-15)14-10/h1-6,15H,7H2. The predicted octanol–water partition coefficient (Wildman–Crippen LogP) is 3.23. The molecule has 0 radical (unpaired) electrons. The van der Waals surface area contributed by atoms with Crippen LogP contribution in [0.5, 0.6) is 0 Å². The quantitative estimate of drug-likeness (QED) is 0.811. The van der Waals surface area contributed by atoms with Crippen molar-refractivity contribution < 1.29 is 0 Å². The molecule has 0 unspecified atom stereocenters. The van der Waals surface area contributed by atoms with Crippen LogP contribution in [-0.2, 0) is 5.75 Å². The minimum Gasteiger partial charge on any atom is -0.240 e. The van der Waals surface area contributed by atoms with Crippen molar-refractivity contribution in [1.29, 1.82) is 0 Å². The van der Waals surface area contributed by atoms with Gasteiger partial charge in [0, 0.05) is 16.8 Å². The Morgan fingerprint density at radius 1 is 1.13 bits per heavy atom. The minimum absolute atomic E-state index is 0.543. The van der Waals surface area contributed by atoms with Crippen LogP contribution in [0.25, 0.3) is 11.3 Å². The van der Waals surface area contributed by atoms with Gasteiger partial charge < -0.3 is 0 Å². The molecular weight excluding hydrogens is 228 g/mol. The first kappa shape index (κ1) is 10.5. The maximum absolute atomic E-state index is 5.81. The average molecular weight is 237 g/mol. The van der Waals surface area contributed by atoms with Crippen LogP contribution in [0.1, 0.15) is 5.82 Å². The summed E-state index contributed by atoms with van der Waals surface area (Å²) in [5, 5.41) is 0.724. The summed E-state index contributed by atoms with van der Waals surface area (Å²) in [6.45, 7) is 0. The van der Waals surface area contributed by atoms with Crippen molar-refractivity contribution in [3.8, 4) is 11.3 Å². The lowest BCUT2D eigenvalue weighted by atomic mass is 10.1. The first-order valence-corrected chi connectivity index (χ1v) is 5.49. The molecule has 2 aromatic rings. The van der Waals surface area contributed by atoms with Crippen molar-refractivity contribution in [1.82, 2.24) is 9.97 Å². The molecule has 1 aromatic carbocycles. The molecule has 1 heterocycles. The fourth-order valence-electron chi connectivity index (χ4n) is 1.26. The van der Waals surface area contributed by atoms with E-state index in [1.165, 1.54) is 0 Å². The highest BCUT2D eigenvalue weighted by Crippen LogP contribution is 2.19. The number of rotatable bonds is 2. The number of hydrogen-bond donors (Lipinski definition) is 1. The van der Waals surface area contributed by atoms with Gasteiger partial charge in [-0.15, -0.1) is 0 Å². The Kier molecular flexibility index (Phi) is 3.23. The van der Waals surface area contributed by atoms with Crippen LogP contribution in [0, 0.1) is 0 Å². The molecule has 2 nitrogen and oxygen atoms in total. The van der Waals surface area contributed by atoms with Gasteiger partial charge in [0.05, 0.1) is 11.4 Å². The number of nitrogens with zero attached hydrogens (tertiary/aromatic N) is 2. The minimum atomic E-state index is 0.543. The lowest BCUT2D eigenvalue weighted by molar-refractivity contribution is 1.04. The summed E-state index contributed by atoms with van der Waals surface area (Å²) in [5.74, 6) is 1.27. The van der Waals surface area contributed by atoms with Gasteiger partial charge in [-0.3, -0.25) is 0 Å². The molecule has 15 heavy (non-hydrogen) atoms. The van der Waals surface area contributed by atoms with Crippen LogP contribution in [0.4, 0.5) is 0 Å². The maximum Gasteiger partial charge on any atom is 0.138 e. The Hall–Kier alpha value is -1.06. The normalized spacial score (nSPS) is 10.3. The molecule has 1 aromatic heterocycles. The van der Waals surface area contributed by atoms with Crippen LogP contribution in [0.15, 0.2) is 36.5 Å². The Morgan fingerprint density at radius 2 is 1.87 bits per heavy atom. The Bertz CT molecular complexity index is 456. The lowest BCUT2D eigenvalue weighted by Gasteiger charge is -2.02. The molecule has 0 saturated carbocycles. The van der Waals surface area contributed by atoms with Crippen molar-refractivity contribution in [2.75, 3.05) is 0 Å². The van der Waals surface area contributed by atoms with Crippen molar-refractivity contribution in [2.24, 2.45) is 0 Å². The van der Waals surface area contributed by atoms with E-state index in [0.29, 0.717) is 5.75 Å². The number of benzene rings is 1. The summed E-state index contributed by atoms with van der Waals surface area (Å²) in [7, 11) is 0. The first-order valence-electron chi connectivity index (χ1n) is 4.48. The third kappa shape index (κ3) is 2.49. The summed E-state index contributed by atoms with van der Waals surface area (Å²) >= 11 is 9.95. The summed E-state index contributed by atoms with van der Waals surface area (Å²) in [6.07, 6.45) is 1.74. The van der Waals surface area contributed by atoms with Gasteiger partial charge in [-0.25, -0.2) is 9.97 Å². The molecule has 0 fully saturated rings. The van der Waals surface area contributed by atoms with E-state index in [1.807, 2.05) is 30.3 Å². The van der Waals surface area contributed by atoms with Gasteiger partial charge >= 0.3 is 0 Å². The topological polar surface area (TPSA) is 25.8 Å². The van der Waals surface area contributed by atoms with E-state index >= 15 is 0 Å². The molecule has 0 spiro atoms. The van der Waals surface area contributed by atoms with Crippen molar-refractivity contribution in [2.45, 2.75) is 5.75 Å². The third-order valence-electron chi connectivity index (χ3n) is 1.99. The molecular formula is C11H9ClN2S. The fourth-order valence-corrected chi connectivity index (χ4v) is 1.54. The lowest BCUT2D eigenvalue weighted by Crippen LogP contribution is -1.92. The highest BCUT2D eigenvalue weighted by Gasteiger charge is 2.00. The Morgan fingerprint density at radius 3 is 2.53 bits per heavy atom. The first-order chi connectivity index (χ1) is 7.29. The van der Waals surface area contributed by atoms with Gasteiger partial charge in [-0.1, -0.05) is 23.7 Å². The van der Waals surface area contributed by atoms with Gasteiger partial charge in [0.25, 0.3) is 0 Å². The summed E-state index contributed by atoms with van der Waals surface area (Å²) in [4.78, 5) is 8.45. The smallest absolute Gasteiger partial charge is 0.138 e. The number of halogens is 1. The zero-order chi connectivity index (χ0) is 10.7. The second-order valence-corrected chi connectivity index (χ2v) is 3.78. The van der Waals surface area contributed by atoms with Gasteiger partial charge in [-0.2, -0.15) is 12.6 Å². The van der Waals surface area contributed by atoms with Crippen molar-refractivity contribution >= 4 is 24.2 Å². The molecule has 0 saturated heterocycles. The van der Waals surface area contributed by atoms with E-state index in [1.54, 1.807) is 6.20 Å². The van der Waals surface area contributed by atoms with Crippen molar-refractivity contribution in [3.05, 3.63) is 47.4 Å². The summed E-state index contributed by atoms with van der Waals surface area (Å²) in [5.41, 5.74) is 1.93. The molecule has 0 atom stereocenters. The molecule has 0 aliphatic carbocycles. The summed E-state index contributed by atoms with van der Waals surface area (Å²) in [6, 6.07) is 9.44. The van der Waals surface area contributed by atoms with Crippen LogP contribution < -0.4 is 0 Å². The number of thiol groups is 1. The Balaban J connectivity index is 2.40. The molecule has 0 N–H and O–H groups in total. The zero-order valence-corrected chi connectivity index (χ0v) is 9.54. The van der Waals surface area contributed by atoms with Gasteiger partial charge in [0.15, 0.2) is 0 Å². The van der Waals surface area contributed by atoms with Crippen LogP contribution >= 0.6 is 24.2 Å². The highest BCUT2D eigenvalue weighted by atomic mass is 35.5. The molecule has 0 amide bonds. The van der Waals surface area contributed by atoms with E-state index in [-0.39, 0.29) is 0 Å². The monoisotopic (exact) mass is 236 g/mol. The van der Waals surface area contributed by atoms with E-state index in [4.69, 9.17) is 11.6 Å². The van der Waals surface area contributed by atoms with Gasteiger partial charge in [0.1, 0.15) is 5.82 Å².